The van der Waals surface area contributed by atoms with E-state index in [0.717, 1.165) is 22.5 Å². The molecule has 0 aliphatic heterocycles. The van der Waals surface area contributed by atoms with Gasteiger partial charge in [-0.3, -0.25) is 9.59 Å². The molecule has 2 aromatic carbocycles. The van der Waals surface area contributed by atoms with Crippen molar-refractivity contribution in [3.63, 3.8) is 0 Å². The monoisotopic (exact) mass is 408 g/mol. The molecule has 150 valence electrons. The Morgan fingerprint density at radius 2 is 1.79 bits per heavy atom. The Kier molecular flexibility index (Phi) is 7.08. The van der Waals surface area contributed by atoms with Crippen LogP contribution in [0.4, 0.5) is 5.69 Å². The molecule has 0 spiro atoms. The van der Waals surface area contributed by atoms with Gasteiger partial charge in [0.1, 0.15) is 0 Å². The number of aromatic nitrogens is 2. The molecule has 1 aromatic heterocycles. The summed E-state index contributed by atoms with van der Waals surface area (Å²) in [5.41, 5.74) is 3.83. The number of nitrogens with one attached hydrogen (secondary N) is 1. The second-order valence-electron chi connectivity index (χ2n) is 6.79. The molecule has 0 radical (unpaired) electrons. The summed E-state index contributed by atoms with van der Waals surface area (Å²) in [5.74, 6) is 0.355. The van der Waals surface area contributed by atoms with Crippen LogP contribution in [0.5, 0.6) is 0 Å². The summed E-state index contributed by atoms with van der Waals surface area (Å²) >= 11 is 1.31. The van der Waals surface area contributed by atoms with Gasteiger partial charge in [0.05, 0.1) is 23.4 Å². The Hall–Kier alpha value is -3.06. The lowest BCUT2D eigenvalue weighted by molar-refractivity contribution is -0.127. The Bertz CT molecular complexity index is 954. The van der Waals surface area contributed by atoms with Gasteiger partial charge < -0.3 is 10.2 Å². The molecule has 6 nitrogen and oxygen atoms in total. The Morgan fingerprint density at radius 1 is 1.07 bits per heavy atom. The summed E-state index contributed by atoms with van der Waals surface area (Å²) in [7, 11) is 1.76. The molecule has 0 aliphatic rings. The molecule has 3 aromatic rings. The normalized spacial score (nSPS) is 10.6. The van der Waals surface area contributed by atoms with E-state index < -0.39 is 0 Å². The fourth-order valence-corrected chi connectivity index (χ4v) is 3.46. The van der Waals surface area contributed by atoms with Crippen LogP contribution in [-0.2, 0) is 16.1 Å². The van der Waals surface area contributed by atoms with E-state index in [4.69, 9.17) is 0 Å². The third-order valence-electron chi connectivity index (χ3n) is 4.30. The molecule has 0 unspecified atom stereocenters. The number of anilines is 1. The van der Waals surface area contributed by atoms with E-state index in [9.17, 15) is 9.59 Å². The van der Waals surface area contributed by atoms with Crippen LogP contribution in [-0.4, -0.2) is 45.0 Å². The number of rotatable bonds is 8. The molecule has 0 atom stereocenters. The van der Waals surface area contributed by atoms with E-state index in [-0.39, 0.29) is 23.3 Å². The van der Waals surface area contributed by atoms with Gasteiger partial charge in [-0.15, -0.1) is 11.8 Å². The molecule has 29 heavy (non-hydrogen) atoms. The highest BCUT2D eigenvalue weighted by Crippen LogP contribution is 2.12. The van der Waals surface area contributed by atoms with Gasteiger partial charge >= 0.3 is 0 Å². The molecule has 1 N–H and O–H groups in total. The maximum atomic E-state index is 12.3. The highest BCUT2D eigenvalue weighted by Gasteiger charge is 2.12. The lowest BCUT2D eigenvalue weighted by Crippen LogP contribution is -2.28. The van der Waals surface area contributed by atoms with Crippen molar-refractivity contribution in [3.05, 3.63) is 78.1 Å². The number of thioether (sulfide) groups is 1. The van der Waals surface area contributed by atoms with Gasteiger partial charge in [0.2, 0.25) is 11.8 Å². The maximum Gasteiger partial charge on any atom is 0.234 e. The number of nitrogens with zero attached hydrogens (tertiary/aromatic N) is 3. The van der Waals surface area contributed by atoms with Crippen LogP contribution in [0.1, 0.15) is 11.1 Å². The number of benzene rings is 2. The molecule has 0 saturated heterocycles. The van der Waals surface area contributed by atoms with E-state index in [1.54, 1.807) is 22.8 Å². The first-order valence-electron chi connectivity index (χ1n) is 9.28. The van der Waals surface area contributed by atoms with Crippen molar-refractivity contribution in [3.8, 4) is 5.69 Å². The minimum Gasteiger partial charge on any atom is -0.341 e. The van der Waals surface area contributed by atoms with Crippen LogP contribution >= 0.6 is 11.8 Å². The summed E-state index contributed by atoms with van der Waals surface area (Å²) in [5, 5.41) is 7.18. The molecule has 0 aliphatic carbocycles. The molecular weight excluding hydrogens is 384 g/mol. The van der Waals surface area contributed by atoms with Gasteiger partial charge in [-0.1, -0.05) is 35.9 Å². The number of aryl methyl sites for hydroxylation is 1. The molecule has 0 saturated carbocycles. The molecular formula is C22H24N4O2S. The molecule has 0 bridgehead atoms. The fourth-order valence-electron chi connectivity index (χ4n) is 2.70. The van der Waals surface area contributed by atoms with Crippen LogP contribution in [0.25, 0.3) is 5.69 Å². The van der Waals surface area contributed by atoms with Crippen molar-refractivity contribution in [1.82, 2.24) is 14.7 Å². The number of para-hydroxylation sites is 1. The third-order valence-corrected chi connectivity index (χ3v) is 5.21. The average Bonchev–Trinajstić information content (AvgIpc) is 3.19. The SMILES string of the molecule is Cc1ccc(NC(=O)CSCC(=O)N(C)Cc2cnn(-c3ccccc3)c2)cc1. The second-order valence-corrected chi connectivity index (χ2v) is 7.77. The van der Waals surface area contributed by atoms with Crippen molar-refractivity contribution in [2.75, 3.05) is 23.9 Å². The molecule has 3 rings (SSSR count). The van der Waals surface area contributed by atoms with Crippen LogP contribution in [0.15, 0.2) is 67.0 Å². The van der Waals surface area contributed by atoms with Crippen LogP contribution in [0.2, 0.25) is 0 Å². The standard InChI is InChI=1S/C22H24N4O2S/c1-17-8-10-19(11-9-17)24-21(27)15-29-16-22(28)25(2)13-18-12-23-26(14-18)20-6-4-3-5-7-20/h3-12,14H,13,15-16H2,1-2H3,(H,24,27). The van der Waals surface area contributed by atoms with E-state index in [1.165, 1.54) is 11.8 Å². The largest absolute Gasteiger partial charge is 0.341 e. The zero-order chi connectivity index (χ0) is 20.6. The zero-order valence-electron chi connectivity index (χ0n) is 16.5. The second kappa shape index (κ2) is 9.93. The highest BCUT2D eigenvalue weighted by molar-refractivity contribution is 8.00. The summed E-state index contributed by atoms with van der Waals surface area (Å²) in [6.07, 6.45) is 3.68. The highest BCUT2D eigenvalue weighted by atomic mass is 32.2. The summed E-state index contributed by atoms with van der Waals surface area (Å²) in [6.45, 7) is 2.47. The van der Waals surface area contributed by atoms with E-state index in [0.29, 0.717) is 6.54 Å². The fraction of sp³-hybridized carbons (Fsp3) is 0.227. The summed E-state index contributed by atoms with van der Waals surface area (Å²) in [4.78, 5) is 26.0. The lowest BCUT2D eigenvalue weighted by atomic mass is 10.2. The first-order chi connectivity index (χ1) is 14.0. The quantitative estimate of drug-likeness (QED) is 0.619. The average molecular weight is 409 g/mol. The first kappa shape index (κ1) is 20.7. The summed E-state index contributed by atoms with van der Waals surface area (Å²) in [6, 6.07) is 17.4. The topological polar surface area (TPSA) is 67.2 Å². The van der Waals surface area contributed by atoms with Crippen molar-refractivity contribution < 1.29 is 9.59 Å². The lowest BCUT2D eigenvalue weighted by Gasteiger charge is -2.15. The van der Waals surface area contributed by atoms with Crippen LogP contribution < -0.4 is 5.32 Å². The van der Waals surface area contributed by atoms with Gasteiger partial charge in [-0.05, 0) is 31.2 Å². The number of hydrogen-bond donors (Lipinski definition) is 1. The first-order valence-corrected chi connectivity index (χ1v) is 10.4. The molecule has 2 amide bonds. The van der Waals surface area contributed by atoms with E-state index in [2.05, 4.69) is 10.4 Å². The van der Waals surface area contributed by atoms with Gasteiger partial charge in [0, 0.05) is 31.0 Å². The number of carbonyl (C=O) groups is 2. The minimum absolute atomic E-state index is 0.0226. The minimum atomic E-state index is -0.113. The van der Waals surface area contributed by atoms with Crippen molar-refractivity contribution >= 4 is 29.3 Å². The van der Waals surface area contributed by atoms with Crippen LogP contribution in [0, 0.1) is 6.92 Å². The number of amides is 2. The molecule has 0 fully saturated rings. The number of hydrogen-bond acceptors (Lipinski definition) is 4. The predicted molar refractivity (Wildman–Crippen MR) is 117 cm³/mol. The molecule has 1 heterocycles. The van der Waals surface area contributed by atoms with E-state index in [1.807, 2.05) is 67.7 Å². The number of carbonyl (C=O) groups excluding carboxylic acids is 2. The van der Waals surface area contributed by atoms with Gasteiger partial charge in [-0.2, -0.15) is 5.10 Å². The predicted octanol–water partition coefficient (Wildman–Crippen LogP) is 3.51. The van der Waals surface area contributed by atoms with Gasteiger partial charge in [0.25, 0.3) is 0 Å². The third kappa shape index (κ3) is 6.22. The summed E-state index contributed by atoms with van der Waals surface area (Å²) < 4.78 is 1.79. The van der Waals surface area contributed by atoms with Crippen molar-refractivity contribution in [2.45, 2.75) is 13.5 Å². The maximum absolute atomic E-state index is 12.3. The smallest absolute Gasteiger partial charge is 0.234 e. The van der Waals surface area contributed by atoms with E-state index >= 15 is 0 Å². The molecule has 7 heteroatoms. The Morgan fingerprint density at radius 3 is 2.52 bits per heavy atom. The van der Waals surface area contributed by atoms with Crippen molar-refractivity contribution in [1.29, 1.82) is 0 Å². The Labute approximate surface area is 174 Å². The Balaban J connectivity index is 1.42. The van der Waals surface area contributed by atoms with Crippen LogP contribution in [0.3, 0.4) is 0 Å². The van der Waals surface area contributed by atoms with Gasteiger partial charge in [-0.25, -0.2) is 4.68 Å². The van der Waals surface area contributed by atoms with Gasteiger partial charge in [0.15, 0.2) is 0 Å². The zero-order valence-corrected chi connectivity index (χ0v) is 17.4. The van der Waals surface area contributed by atoms with Crippen molar-refractivity contribution in [2.24, 2.45) is 0 Å².